The summed E-state index contributed by atoms with van der Waals surface area (Å²) in [5, 5.41) is 0.845. The molecule has 2 aromatic carbocycles. The molecule has 0 radical (unpaired) electrons. The summed E-state index contributed by atoms with van der Waals surface area (Å²) in [5.41, 5.74) is 7.66. The zero-order valence-corrected chi connectivity index (χ0v) is 10.5. The van der Waals surface area contributed by atoms with Gasteiger partial charge in [-0.1, -0.05) is 29.8 Å². The molecule has 0 bridgehead atoms. The SMILES string of the molecule is Cc1ccc(Oc2nc(N)nc3ccccc23)cc1. The topological polar surface area (TPSA) is 61.0 Å². The van der Waals surface area contributed by atoms with Crippen LogP contribution in [0.1, 0.15) is 5.56 Å². The standard InChI is InChI=1S/C15H13N3O/c1-10-6-8-11(9-7-10)19-14-12-4-2-3-5-13(12)17-15(16)18-14/h2-9H,1H3,(H2,16,17,18). The van der Waals surface area contributed by atoms with Crippen LogP contribution in [-0.2, 0) is 0 Å². The second-order valence-electron chi connectivity index (χ2n) is 4.32. The molecule has 3 aromatic rings. The largest absolute Gasteiger partial charge is 0.438 e. The highest BCUT2D eigenvalue weighted by Crippen LogP contribution is 2.27. The van der Waals surface area contributed by atoms with Crippen molar-refractivity contribution in [1.82, 2.24) is 9.97 Å². The Morgan fingerprint density at radius 3 is 2.47 bits per heavy atom. The minimum absolute atomic E-state index is 0.209. The maximum absolute atomic E-state index is 5.80. The predicted octanol–water partition coefficient (Wildman–Crippen LogP) is 3.31. The summed E-state index contributed by atoms with van der Waals surface area (Å²) < 4.78 is 5.80. The normalized spacial score (nSPS) is 10.6. The first kappa shape index (κ1) is 11.5. The van der Waals surface area contributed by atoms with Crippen LogP contribution in [0.4, 0.5) is 5.95 Å². The molecule has 0 amide bonds. The number of aromatic nitrogens is 2. The highest BCUT2D eigenvalue weighted by atomic mass is 16.5. The molecule has 19 heavy (non-hydrogen) atoms. The van der Waals surface area contributed by atoms with Crippen LogP contribution in [-0.4, -0.2) is 9.97 Å². The fourth-order valence-electron chi connectivity index (χ4n) is 1.86. The van der Waals surface area contributed by atoms with Gasteiger partial charge in [-0.3, -0.25) is 0 Å². The van der Waals surface area contributed by atoms with Gasteiger partial charge in [-0.05, 0) is 31.2 Å². The van der Waals surface area contributed by atoms with Crippen LogP contribution in [0.2, 0.25) is 0 Å². The molecule has 1 aromatic heterocycles. The average molecular weight is 251 g/mol. The molecule has 94 valence electrons. The molecule has 0 unspecified atom stereocenters. The number of para-hydroxylation sites is 1. The van der Waals surface area contributed by atoms with Gasteiger partial charge < -0.3 is 10.5 Å². The zero-order valence-electron chi connectivity index (χ0n) is 10.5. The third-order valence-electron chi connectivity index (χ3n) is 2.82. The molecule has 2 N–H and O–H groups in total. The second-order valence-corrected chi connectivity index (χ2v) is 4.32. The van der Waals surface area contributed by atoms with Gasteiger partial charge in [0.1, 0.15) is 5.75 Å². The number of nitrogen functional groups attached to an aromatic ring is 1. The van der Waals surface area contributed by atoms with E-state index in [0.29, 0.717) is 5.88 Å². The molecule has 3 rings (SSSR count). The van der Waals surface area contributed by atoms with Crippen molar-refractivity contribution in [3.8, 4) is 11.6 Å². The van der Waals surface area contributed by atoms with E-state index in [4.69, 9.17) is 10.5 Å². The second kappa shape index (κ2) is 4.57. The molecule has 0 atom stereocenters. The fraction of sp³-hybridized carbons (Fsp3) is 0.0667. The number of hydrogen-bond acceptors (Lipinski definition) is 4. The molecule has 4 heteroatoms. The van der Waals surface area contributed by atoms with E-state index in [1.54, 1.807) is 0 Å². The van der Waals surface area contributed by atoms with E-state index in [9.17, 15) is 0 Å². The van der Waals surface area contributed by atoms with Gasteiger partial charge in [-0.25, -0.2) is 4.98 Å². The highest BCUT2D eigenvalue weighted by molar-refractivity contribution is 5.84. The van der Waals surface area contributed by atoms with E-state index < -0.39 is 0 Å². The first-order valence-corrected chi connectivity index (χ1v) is 5.99. The van der Waals surface area contributed by atoms with E-state index in [0.717, 1.165) is 16.7 Å². The predicted molar refractivity (Wildman–Crippen MR) is 75.2 cm³/mol. The lowest BCUT2D eigenvalue weighted by atomic mass is 10.2. The molecule has 4 nitrogen and oxygen atoms in total. The Hall–Kier alpha value is -2.62. The number of nitrogens with two attached hydrogens (primary N) is 1. The van der Waals surface area contributed by atoms with Crippen LogP contribution >= 0.6 is 0 Å². The molecular weight excluding hydrogens is 238 g/mol. The highest BCUT2D eigenvalue weighted by Gasteiger charge is 2.07. The number of aryl methyl sites for hydroxylation is 1. The molecule has 0 aliphatic carbocycles. The van der Waals surface area contributed by atoms with E-state index in [1.807, 2.05) is 55.5 Å². The lowest BCUT2D eigenvalue weighted by Crippen LogP contribution is -1.98. The van der Waals surface area contributed by atoms with Gasteiger partial charge in [0.15, 0.2) is 0 Å². The smallest absolute Gasteiger partial charge is 0.231 e. The monoisotopic (exact) mass is 251 g/mol. The third-order valence-corrected chi connectivity index (χ3v) is 2.82. The van der Waals surface area contributed by atoms with Crippen molar-refractivity contribution in [1.29, 1.82) is 0 Å². The van der Waals surface area contributed by atoms with Gasteiger partial charge in [-0.15, -0.1) is 0 Å². The van der Waals surface area contributed by atoms with Crippen LogP contribution < -0.4 is 10.5 Å². The summed E-state index contributed by atoms with van der Waals surface area (Å²) in [7, 11) is 0. The average Bonchev–Trinajstić information content (AvgIpc) is 2.41. The minimum atomic E-state index is 0.209. The summed E-state index contributed by atoms with van der Waals surface area (Å²) in [6.45, 7) is 2.03. The quantitative estimate of drug-likeness (QED) is 0.759. The van der Waals surface area contributed by atoms with Gasteiger partial charge in [0.05, 0.1) is 10.9 Å². The maximum Gasteiger partial charge on any atom is 0.231 e. The molecule has 1 heterocycles. The fourth-order valence-corrected chi connectivity index (χ4v) is 1.86. The van der Waals surface area contributed by atoms with Crippen molar-refractivity contribution in [2.45, 2.75) is 6.92 Å². The van der Waals surface area contributed by atoms with Crippen LogP contribution in [0.25, 0.3) is 10.9 Å². The lowest BCUT2D eigenvalue weighted by molar-refractivity contribution is 0.469. The van der Waals surface area contributed by atoms with Gasteiger partial charge in [0.25, 0.3) is 0 Å². The van der Waals surface area contributed by atoms with Gasteiger partial charge in [0.2, 0.25) is 11.8 Å². The summed E-state index contributed by atoms with van der Waals surface area (Å²) in [4.78, 5) is 8.34. The number of hydrogen-bond donors (Lipinski definition) is 1. The summed E-state index contributed by atoms with van der Waals surface area (Å²) in [6, 6.07) is 15.4. The number of fused-ring (bicyclic) bond motifs is 1. The molecule has 0 fully saturated rings. The van der Waals surface area contributed by atoms with Gasteiger partial charge >= 0.3 is 0 Å². The molecule has 0 spiro atoms. The molecule has 0 aliphatic rings. The lowest BCUT2D eigenvalue weighted by Gasteiger charge is -2.08. The number of nitrogens with zero attached hydrogens (tertiary/aromatic N) is 2. The van der Waals surface area contributed by atoms with Gasteiger partial charge in [-0.2, -0.15) is 4.98 Å². The Morgan fingerprint density at radius 2 is 1.68 bits per heavy atom. The molecular formula is C15H13N3O. The van der Waals surface area contributed by atoms with Crippen LogP contribution in [0, 0.1) is 6.92 Å². The third kappa shape index (κ3) is 2.33. The first-order chi connectivity index (χ1) is 9.22. The first-order valence-electron chi connectivity index (χ1n) is 5.99. The Labute approximate surface area is 110 Å². The summed E-state index contributed by atoms with van der Waals surface area (Å²) in [6.07, 6.45) is 0. The van der Waals surface area contributed by atoms with Crippen LogP contribution in [0.5, 0.6) is 11.6 Å². The Bertz CT molecular complexity index is 723. The molecule has 0 saturated heterocycles. The van der Waals surface area contributed by atoms with E-state index in [2.05, 4.69) is 9.97 Å². The van der Waals surface area contributed by atoms with Crippen LogP contribution in [0.15, 0.2) is 48.5 Å². The number of ether oxygens (including phenoxy) is 1. The maximum atomic E-state index is 5.80. The van der Waals surface area contributed by atoms with Crippen molar-refractivity contribution in [3.05, 3.63) is 54.1 Å². The van der Waals surface area contributed by atoms with Gasteiger partial charge in [0, 0.05) is 0 Å². The number of anilines is 1. The van der Waals surface area contributed by atoms with Crippen LogP contribution in [0.3, 0.4) is 0 Å². The number of benzene rings is 2. The Kier molecular flexibility index (Phi) is 2.76. The van der Waals surface area contributed by atoms with E-state index in [1.165, 1.54) is 5.56 Å². The van der Waals surface area contributed by atoms with Crippen molar-refractivity contribution in [3.63, 3.8) is 0 Å². The Morgan fingerprint density at radius 1 is 0.947 bits per heavy atom. The summed E-state index contributed by atoms with van der Waals surface area (Å²) >= 11 is 0. The Balaban J connectivity index is 2.07. The van der Waals surface area contributed by atoms with Crippen molar-refractivity contribution in [2.24, 2.45) is 0 Å². The van der Waals surface area contributed by atoms with Crippen molar-refractivity contribution >= 4 is 16.9 Å². The minimum Gasteiger partial charge on any atom is -0.438 e. The zero-order chi connectivity index (χ0) is 13.2. The van der Waals surface area contributed by atoms with E-state index >= 15 is 0 Å². The molecule has 0 aliphatic heterocycles. The van der Waals surface area contributed by atoms with Crippen molar-refractivity contribution in [2.75, 3.05) is 5.73 Å². The molecule has 0 saturated carbocycles. The van der Waals surface area contributed by atoms with Crippen molar-refractivity contribution < 1.29 is 4.74 Å². The van der Waals surface area contributed by atoms with E-state index in [-0.39, 0.29) is 5.95 Å². The summed E-state index contributed by atoms with van der Waals surface area (Å²) in [5.74, 6) is 1.42. The number of rotatable bonds is 2.